The third-order valence-corrected chi connectivity index (χ3v) is 5.29. The van der Waals surface area contributed by atoms with Gasteiger partial charge in [0.1, 0.15) is 0 Å². The molecule has 0 aromatic rings. The van der Waals surface area contributed by atoms with Gasteiger partial charge in [-0.05, 0) is 43.9 Å². The number of hydrogen-bond donors (Lipinski definition) is 1. The molecular formula is C16H30N2O. The van der Waals surface area contributed by atoms with Crippen molar-refractivity contribution >= 4 is 5.91 Å². The van der Waals surface area contributed by atoms with Crippen molar-refractivity contribution in [1.82, 2.24) is 4.90 Å². The fourth-order valence-electron chi connectivity index (χ4n) is 3.89. The van der Waals surface area contributed by atoms with Crippen LogP contribution in [-0.2, 0) is 4.79 Å². The van der Waals surface area contributed by atoms with Crippen molar-refractivity contribution in [2.45, 2.75) is 64.8 Å². The molecule has 1 aliphatic heterocycles. The van der Waals surface area contributed by atoms with Gasteiger partial charge < -0.3 is 10.6 Å². The van der Waals surface area contributed by atoms with Crippen LogP contribution < -0.4 is 5.73 Å². The molecule has 0 aromatic carbocycles. The monoisotopic (exact) mass is 266 g/mol. The molecule has 1 saturated heterocycles. The largest absolute Gasteiger partial charge is 0.342 e. The zero-order valence-corrected chi connectivity index (χ0v) is 12.6. The highest BCUT2D eigenvalue weighted by molar-refractivity contribution is 5.80. The Hall–Kier alpha value is -0.570. The third-order valence-electron chi connectivity index (χ3n) is 5.29. The Kier molecular flexibility index (Phi) is 5.26. The Morgan fingerprint density at radius 2 is 1.95 bits per heavy atom. The van der Waals surface area contributed by atoms with Crippen molar-refractivity contribution in [3.8, 4) is 0 Å². The van der Waals surface area contributed by atoms with Gasteiger partial charge in [0.15, 0.2) is 0 Å². The first-order valence-electron chi connectivity index (χ1n) is 8.17. The van der Waals surface area contributed by atoms with Gasteiger partial charge in [-0.1, -0.05) is 26.7 Å². The average Bonchev–Trinajstić information content (AvgIpc) is 2.63. The molecule has 2 rings (SSSR count). The van der Waals surface area contributed by atoms with E-state index in [0.29, 0.717) is 11.8 Å². The van der Waals surface area contributed by atoms with Crippen molar-refractivity contribution in [3.63, 3.8) is 0 Å². The number of amides is 1. The van der Waals surface area contributed by atoms with Crippen LogP contribution in [0.3, 0.4) is 0 Å². The van der Waals surface area contributed by atoms with E-state index in [1.807, 2.05) is 0 Å². The Labute approximate surface area is 117 Å². The van der Waals surface area contributed by atoms with Gasteiger partial charge in [-0.15, -0.1) is 0 Å². The van der Waals surface area contributed by atoms with Crippen LogP contribution in [0.1, 0.15) is 58.8 Å². The number of nitrogens with zero attached hydrogens (tertiary/aromatic N) is 1. The molecule has 0 spiro atoms. The van der Waals surface area contributed by atoms with Crippen LogP contribution in [0.4, 0.5) is 0 Å². The van der Waals surface area contributed by atoms with Gasteiger partial charge in [-0.2, -0.15) is 0 Å². The van der Waals surface area contributed by atoms with Gasteiger partial charge in [0, 0.05) is 19.1 Å². The second-order valence-electron chi connectivity index (χ2n) is 6.63. The summed E-state index contributed by atoms with van der Waals surface area (Å²) in [5.41, 5.74) is 6.22. The Bertz CT molecular complexity index is 295. The predicted octanol–water partition coefficient (Wildman–Crippen LogP) is 2.79. The minimum Gasteiger partial charge on any atom is -0.342 e. The lowest BCUT2D eigenvalue weighted by Gasteiger charge is -2.36. The maximum atomic E-state index is 12.8. The molecule has 1 aliphatic carbocycles. The van der Waals surface area contributed by atoms with Crippen LogP contribution in [-0.4, -0.2) is 29.9 Å². The van der Waals surface area contributed by atoms with Gasteiger partial charge in [0.25, 0.3) is 0 Å². The number of nitrogens with two attached hydrogens (primary N) is 1. The molecule has 4 unspecified atom stereocenters. The first-order valence-corrected chi connectivity index (χ1v) is 8.17. The van der Waals surface area contributed by atoms with E-state index in [2.05, 4.69) is 18.7 Å². The van der Waals surface area contributed by atoms with Crippen LogP contribution >= 0.6 is 0 Å². The van der Waals surface area contributed by atoms with Gasteiger partial charge in [0.05, 0.1) is 5.92 Å². The summed E-state index contributed by atoms with van der Waals surface area (Å²) in [6.45, 7) is 6.37. The van der Waals surface area contributed by atoms with Gasteiger partial charge in [-0.3, -0.25) is 4.79 Å². The molecular weight excluding hydrogens is 236 g/mol. The van der Waals surface area contributed by atoms with Crippen LogP contribution in [0.25, 0.3) is 0 Å². The maximum Gasteiger partial charge on any atom is 0.227 e. The summed E-state index contributed by atoms with van der Waals surface area (Å²) in [4.78, 5) is 14.9. The fourth-order valence-corrected chi connectivity index (χ4v) is 3.89. The summed E-state index contributed by atoms with van der Waals surface area (Å²) in [6.07, 6.45) is 8.25. The van der Waals surface area contributed by atoms with E-state index in [1.165, 1.54) is 32.1 Å². The smallest absolute Gasteiger partial charge is 0.227 e. The quantitative estimate of drug-likeness (QED) is 0.835. The summed E-state index contributed by atoms with van der Waals surface area (Å²) >= 11 is 0. The van der Waals surface area contributed by atoms with Crippen LogP contribution in [0.2, 0.25) is 0 Å². The van der Waals surface area contributed by atoms with E-state index in [1.54, 1.807) is 0 Å². The second kappa shape index (κ2) is 6.74. The lowest BCUT2D eigenvalue weighted by Crippen LogP contribution is -2.49. The van der Waals surface area contributed by atoms with Crippen molar-refractivity contribution in [2.24, 2.45) is 23.5 Å². The molecule has 2 N–H and O–H groups in total. The van der Waals surface area contributed by atoms with Crippen molar-refractivity contribution in [1.29, 1.82) is 0 Å². The minimum absolute atomic E-state index is 0.0759. The molecule has 3 nitrogen and oxygen atoms in total. The average molecular weight is 266 g/mol. The molecule has 3 heteroatoms. The zero-order chi connectivity index (χ0) is 13.8. The molecule has 1 saturated carbocycles. The van der Waals surface area contributed by atoms with Crippen LogP contribution in [0.5, 0.6) is 0 Å². The molecule has 2 fully saturated rings. The van der Waals surface area contributed by atoms with E-state index in [4.69, 9.17) is 5.73 Å². The van der Waals surface area contributed by atoms with Crippen LogP contribution in [0.15, 0.2) is 0 Å². The highest BCUT2D eigenvalue weighted by atomic mass is 16.2. The molecule has 0 aromatic heterocycles. The Balaban J connectivity index is 1.98. The molecule has 0 radical (unpaired) electrons. The first-order chi connectivity index (χ1) is 9.13. The second-order valence-corrected chi connectivity index (χ2v) is 6.63. The highest BCUT2D eigenvalue weighted by Crippen LogP contribution is 2.31. The number of rotatable bonds is 2. The van der Waals surface area contributed by atoms with E-state index in [-0.39, 0.29) is 12.0 Å². The topological polar surface area (TPSA) is 46.3 Å². The maximum absolute atomic E-state index is 12.8. The first kappa shape index (κ1) is 14.8. The number of carbonyl (C=O) groups excluding carboxylic acids is 1. The SMILES string of the molecule is CCC1CCCN(C(=O)C2C(C)CCCC2N)CC1. The van der Waals surface area contributed by atoms with Crippen LogP contribution in [0, 0.1) is 17.8 Å². The molecule has 2 aliphatic rings. The molecule has 0 bridgehead atoms. The van der Waals surface area contributed by atoms with Crippen molar-refractivity contribution < 1.29 is 4.79 Å². The number of hydrogen-bond acceptors (Lipinski definition) is 2. The van der Waals surface area contributed by atoms with Gasteiger partial charge in [0.2, 0.25) is 5.91 Å². The summed E-state index contributed by atoms with van der Waals surface area (Å²) in [6, 6.07) is 0.0847. The summed E-state index contributed by atoms with van der Waals surface area (Å²) in [5.74, 6) is 1.69. The summed E-state index contributed by atoms with van der Waals surface area (Å²) in [7, 11) is 0. The summed E-state index contributed by atoms with van der Waals surface area (Å²) in [5, 5.41) is 0. The lowest BCUT2D eigenvalue weighted by molar-refractivity contribution is -0.138. The van der Waals surface area contributed by atoms with E-state index in [0.717, 1.165) is 31.8 Å². The molecule has 1 heterocycles. The fraction of sp³-hybridized carbons (Fsp3) is 0.938. The lowest BCUT2D eigenvalue weighted by atomic mass is 9.76. The predicted molar refractivity (Wildman–Crippen MR) is 78.7 cm³/mol. The minimum atomic E-state index is 0.0759. The highest BCUT2D eigenvalue weighted by Gasteiger charge is 2.36. The summed E-state index contributed by atoms with van der Waals surface area (Å²) < 4.78 is 0. The van der Waals surface area contributed by atoms with E-state index in [9.17, 15) is 4.79 Å². The van der Waals surface area contributed by atoms with Crippen molar-refractivity contribution in [3.05, 3.63) is 0 Å². The van der Waals surface area contributed by atoms with Gasteiger partial charge >= 0.3 is 0 Å². The van der Waals surface area contributed by atoms with Crippen molar-refractivity contribution in [2.75, 3.05) is 13.1 Å². The third kappa shape index (κ3) is 3.50. The number of likely N-dealkylation sites (tertiary alicyclic amines) is 1. The Morgan fingerprint density at radius 3 is 2.63 bits per heavy atom. The number of carbonyl (C=O) groups is 1. The van der Waals surface area contributed by atoms with E-state index >= 15 is 0 Å². The molecule has 4 atom stereocenters. The Morgan fingerprint density at radius 1 is 1.16 bits per heavy atom. The standard InChI is InChI=1S/C16H30N2O/c1-3-13-7-5-10-18(11-9-13)16(19)15-12(2)6-4-8-14(15)17/h12-15H,3-11,17H2,1-2H3. The zero-order valence-electron chi connectivity index (χ0n) is 12.6. The van der Waals surface area contributed by atoms with E-state index < -0.39 is 0 Å². The van der Waals surface area contributed by atoms with Gasteiger partial charge in [-0.25, -0.2) is 0 Å². The normalized spacial score (nSPS) is 36.9. The molecule has 1 amide bonds. The molecule has 19 heavy (non-hydrogen) atoms. The molecule has 110 valence electrons.